The van der Waals surface area contributed by atoms with E-state index in [1.54, 1.807) is 0 Å². The van der Waals surface area contributed by atoms with Gasteiger partial charge in [-0.15, -0.1) is 0 Å². The third kappa shape index (κ3) is 8.61. The molecule has 1 N–H and O–H groups in total. The lowest BCUT2D eigenvalue weighted by atomic mass is 10.1. The number of hydrogen-bond donors (Lipinski definition) is 1. The van der Waals surface area contributed by atoms with Gasteiger partial charge in [-0.1, -0.05) is 12.8 Å². The summed E-state index contributed by atoms with van der Waals surface area (Å²) in [5, 5.41) is 3.55. The molecule has 1 fully saturated rings. The average Bonchev–Trinajstić information content (AvgIpc) is 2.37. The molecule has 0 aromatic heterocycles. The summed E-state index contributed by atoms with van der Waals surface area (Å²) < 4.78 is 5.41. The van der Waals surface area contributed by atoms with Crippen molar-refractivity contribution < 1.29 is 4.74 Å². The van der Waals surface area contributed by atoms with Gasteiger partial charge < -0.3 is 15.0 Å². The summed E-state index contributed by atoms with van der Waals surface area (Å²) in [4.78, 5) is 2.54. The summed E-state index contributed by atoms with van der Waals surface area (Å²) in [7, 11) is 2.27. The average molecular weight is 270 g/mol. The van der Waals surface area contributed by atoms with Crippen molar-refractivity contribution in [3.63, 3.8) is 0 Å². The number of rotatable bonds is 8. The predicted octanol–water partition coefficient (Wildman–Crippen LogP) is 3.05. The molecular weight excluding hydrogens is 236 g/mol. The van der Waals surface area contributed by atoms with E-state index >= 15 is 0 Å². The standard InChI is InChI=1S/C16H34N2O/c1-16(2,3)17-11-7-5-6-8-12-18(4)15-9-13-19-14-10-15/h15,17H,5-14H2,1-4H3. The molecule has 1 heterocycles. The van der Waals surface area contributed by atoms with Gasteiger partial charge in [0.1, 0.15) is 0 Å². The quantitative estimate of drug-likeness (QED) is 0.686. The van der Waals surface area contributed by atoms with Gasteiger partial charge in [0.15, 0.2) is 0 Å². The Hall–Kier alpha value is -0.120. The van der Waals surface area contributed by atoms with Crippen molar-refractivity contribution in [2.75, 3.05) is 33.4 Å². The van der Waals surface area contributed by atoms with E-state index in [2.05, 4.69) is 38.0 Å². The van der Waals surface area contributed by atoms with Crippen LogP contribution >= 0.6 is 0 Å². The van der Waals surface area contributed by atoms with Crippen LogP contribution in [0.5, 0.6) is 0 Å². The zero-order valence-corrected chi connectivity index (χ0v) is 13.5. The van der Waals surface area contributed by atoms with Crippen LogP contribution in [0.4, 0.5) is 0 Å². The minimum atomic E-state index is 0.267. The van der Waals surface area contributed by atoms with E-state index in [9.17, 15) is 0 Å². The van der Waals surface area contributed by atoms with Crippen molar-refractivity contribution in [3.8, 4) is 0 Å². The largest absolute Gasteiger partial charge is 0.381 e. The van der Waals surface area contributed by atoms with Gasteiger partial charge in [-0.2, -0.15) is 0 Å². The van der Waals surface area contributed by atoms with E-state index in [-0.39, 0.29) is 5.54 Å². The van der Waals surface area contributed by atoms with Crippen molar-refractivity contribution in [2.24, 2.45) is 0 Å². The van der Waals surface area contributed by atoms with Crippen molar-refractivity contribution in [1.82, 2.24) is 10.2 Å². The van der Waals surface area contributed by atoms with Gasteiger partial charge in [0.05, 0.1) is 0 Å². The van der Waals surface area contributed by atoms with Crippen LogP contribution in [0.15, 0.2) is 0 Å². The molecule has 3 nitrogen and oxygen atoms in total. The molecule has 0 bridgehead atoms. The summed E-state index contributed by atoms with van der Waals surface area (Å²) in [5.41, 5.74) is 0.267. The van der Waals surface area contributed by atoms with E-state index < -0.39 is 0 Å². The lowest BCUT2D eigenvalue weighted by Gasteiger charge is -2.31. The van der Waals surface area contributed by atoms with Crippen LogP contribution in [0.1, 0.15) is 59.3 Å². The van der Waals surface area contributed by atoms with Crippen LogP contribution < -0.4 is 5.32 Å². The Morgan fingerprint density at radius 1 is 1.05 bits per heavy atom. The second-order valence-corrected chi connectivity index (χ2v) is 6.92. The molecule has 0 aromatic rings. The van der Waals surface area contributed by atoms with Gasteiger partial charge in [-0.25, -0.2) is 0 Å². The van der Waals surface area contributed by atoms with Crippen molar-refractivity contribution in [3.05, 3.63) is 0 Å². The number of nitrogens with zero attached hydrogens (tertiary/aromatic N) is 1. The molecule has 1 saturated heterocycles. The summed E-state index contributed by atoms with van der Waals surface area (Å²) >= 11 is 0. The fourth-order valence-electron chi connectivity index (χ4n) is 2.61. The topological polar surface area (TPSA) is 24.5 Å². The first-order valence-electron chi connectivity index (χ1n) is 8.02. The molecule has 0 atom stereocenters. The van der Waals surface area contributed by atoms with Gasteiger partial charge in [0, 0.05) is 24.8 Å². The minimum Gasteiger partial charge on any atom is -0.381 e. The van der Waals surface area contributed by atoms with Crippen LogP contribution in [0, 0.1) is 0 Å². The third-order valence-corrected chi connectivity index (χ3v) is 3.91. The molecule has 1 aliphatic heterocycles. The Balaban J connectivity index is 1.92. The molecule has 1 aliphatic rings. The molecule has 114 valence electrons. The molecular formula is C16H34N2O. The fourth-order valence-corrected chi connectivity index (χ4v) is 2.61. The number of ether oxygens (including phenoxy) is 1. The van der Waals surface area contributed by atoms with Gasteiger partial charge in [-0.05, 0) is 66.6 Å². The predicted molar refractivity (Wildman–Crippen MR) is 82.7 cm³/mol. The first-order chi connectivity index (χ1) is 8.99. The molecule has 0 spiro atoms. The maximum atomic E-state index is 5.41. The van der Waals surface area contributed by atoms with E-state index in [1.807, 2.05) is 0 Å². The van der Waals surface area contributed by atoms with E-state index in [0.717, 1.165) is 25.8 Å². The maximum Gasteiger partial charge on any atom is 0.0480 e. The molecule has 0 aromatic carbocycles. The summed E-state index contributed by atoms with van der Waals surface area (Å²) in [6, 6.07) is 0.760. The molecule has 1 rings (SSSR count). The molecule has 0 aliphatic carbocycles. The van der Waals surface area contributed by atoms with Gasteiger partial charge in [0.25, 0.3) is 0 Å². The fraction of sp³-hybridized carbons (Fsp3) is 1.00. The summed E-state index contributed by atoms with van der Waals surface area (Å²) in [6.45, 7) is 11.0. The molecule has 19 heavy (non-hydrogen) atoms. The lowest BCUT2D eigenvalue weighted by molar-refractivity contribution is 0.0426. The maximum absolute atomic E-state index is 5.41. The van der Waals surface area contributed by atoms with E-state index in [1.165, 1.54) is 45.1 Å². The van der Waals surface area contributed by atoms with Gasteiger partial charge in [0.2, 0.25) is 0 Å². The van der Waals surface area contributed by atoms with E-state index in [4.69, 9.17) is 4.74 Å². The first-order valence-corrected chi connectivity index (χ1v) is 8.02. The Bertz CT molecular complexity index is 219. The highest BCUT2D eigenvalue weighted by Gasteiger charge is 2.17. The number of hydrogen-bond acceptors (Lipinski definition) is 3. The van der Waals surface area contributed by atoms with Crippen LogP contribution in [-0.2, 0) is 4.74 Å². The van der Waals surface area contributed by atoms with Crippen LogP contribution in [-0.4, -0.2) is 49.8 Å². The first kappa shape index (κ1) is 16.9. The van der Waals surface area contributed by atoms with Crippen LogP contribution in [0.3, 0.4) is 0 Å². The third-order valence-electron chi connectivity index (χ3n) is 3.91. The van der Waals surface area contributed by atoms with Crippen LogP contribution in [0.25, 0.3) is 0 Å². The number of nitrogens with one attached hydrogen (secondary N) is 1. The van der Waals surface area contributed by atoms with Crippen molar-refractivity contribution in [1.29, 1.82) is 0 Å². The van der Waals surface area contributed by atoms with Crippen LogP contribution in [0.2, 0.25) is 0 Å². The van der Waals surface area contributed by atoms with E-state index in [0.29, 0.717) is 0 Å². The molecule has 0 unspecified atom stereocenters. The highest BCUT2D eigenvalue weighted by Crippen LogP contribution is 2.13. The summed E-state index contributed by atoms with van der Waals surface area (Å²) in [5.74, 6) is 0. The normalized spacial score (nSPS) is 18.2. The monoisotopic (exact) mass is 270 g/mol. The SMILES string of the molecule is CN(CCCCCCNC(C)(C)C)C1CCOCC1. The van der Waals surface area contributed by atoms with Crippen molar-refractivity contribution >= 4 is 0 Å². The van der Waals surface area contributed by atoms with Gasteiger partial charge >= 0.3 is 0 Å². The Morgan fingerprint density at radius 2 is 1.68 bits per heavy atom. The van der Waals surface area contributed by atoms with Gasteiger partial charge in [-0.3, -0.25) is 0 Å². The Kier molecular flexibility index (Phi) is 7.96. The Morgan fingerprint density at radius 3 is 2.32 bits per heavy atom. The molecule has 0 saturated carbocycles. The highest BCUT2D eigenvalue weighted by molar-refractivity contribution is 4.72. The Labute approximate surface area is 120 Å². The second-order valence-electron chi connectivity index (χ2n) is 6.92. The second kappa shape index (κ2) is 8.93. The highest BCUT2D eigenvalue weighted by atomic mass is 16.5. The smallest absolute Gasteiger partial charge is 0.0480 e. The molecule has 0 radical (unpaired) electrons. The lowest BCUT2D eigenvalue weighted by Crippen LogP contribution is -2.37. The minimum absolute atomic E-state index is 0.267. The zero-order valence-electron chi connectivity index (χ0n) is 13.5. The number of unbranched alkanes of at least 4 members (excludes halogenated alkanes) is 3. The van der Waals surface area contributed by atoms with Crippen molar-refractivity contribution in [2.45, 2.75) is 70.9 Å². The summed E-state index contributed by atoms with van der Waals surface area (Å²) in [6.07, 6.45) is 7.78. The molecule has 0 amide bonds. The zero-order chi connectivity index (χ0) is 14.1. The molecule has 3 heteroatoms.